The molecule has 12 heavy (non-hydrogen) atoms. The molecule has 0 bridgehead atoms. The normalized spacial score (nSPS) is 26.5. The molecule has 0 atom stereocenters. The molecule has 2 aliphatic rings. The Morgan fingerprint density at radius 3 is 2.25 bits per heavy atom. The molecule has 0 aromatic rings. The maximum atomic E-state index is 2.40. The second kappa shape index (κ2) is 3.81. The van der Waals surface area contributed by atoms with E-state index in [1.807, 2.05) is 5.92 Å². The van der Waals surface area contributed by atoms with Gasteiger partial charge in [-0.05, 0) is 37.0 Å². The molecular formula is C12H21. The van der Waals surface area contributed by atoms with E-state index in [0.29, 0.717) is 0 Å². The van der Waals surface area contributed by atoms with Crippen LogP contribution in [0.15, 0.2) is 0 Å². The van der Waals surface area contributed by atoms with E-state index in [2.05, 4.69) is 6.92 Å². The lowest BCUT2D eigenvalue weighted by Gasteiger charge is -2.24. The van der Waals surface area contributed by atoms with Gasteiger partial charge in [0.1, 0.15) is 0 Å². The minimum Gasteiger partial charge on any atom is -0.0588 e. The Balaban J connectivity index is 1.69. The lowest BCUT2D eigenvalue weighted by atomic mass is 9.82. The average Bonchev–Trinajstić information content (AvgIpc) is 2.88. The highest BCUT2D eigenvalue weighted by molar-refractivity contribution is 5.00. The van der Waals surface area contributed by atoms with Gasteiger partial charge in [-0.3, -0.25) is 0 Å². The number of rotatable bonds is 3. The van der Waals surface area contributed by atoms with Gasteiger partial charge in [-0.15, -0.1) is 0 Å². The second-order valence-electron chi connectivity index (χ2n) is 4.83. The Labute approximate surface area is 76.7 Å². The minimum atomic E-state index is 1.05. The summed E-state index contributed by atoms with van der Waals surface area (Å²) in [5.74, 6) is 3.94. The van der Waals surface area contributed by atoms with Crippen molar-refractivity contribution in [2.24, 2.45) is 11.8 Å². The van der Waals surface area contributed by atoms with Crippen LogP contribution >= 0.6 is 0 Å². The van der Waals surface area contributed by atoms with Crippen molar-refractivity contribution in [3.05, 3.63) is 5.92 Å². The topological polar surface area (TPSA) is 0 Å². The largest absolute Gasteiger partial charge is 0.0588 e. The third-order valence-corrected chi connectivity index (χ3v) is 3.61. The molecule has 0 spiro atoms. The van der Waals surface area contributed by atoms with Gasteiger partial charge in [0, 0.05) is 0 Å². The molecule has 0 saturated heterocycles. The van der Waals surface area contributed by atoms with E-state index < -0.39 is 0 Å². The lowest BCUT2D eigenvalue weighted by Crippen LogP contribution is -2.10. The van der Waals surface area contributed by atoms with Crippen LogP contribution in [-0.2, 0) is 0 Å². The summed E-state index contributed by atoms with van der Waals surface area (Å²) in [6.07, 6.45) is 12.0. The predicted molar refractivity (Wildman–Crippen MR) is 52.8 cm³/mol. The Bertz CT molecular complexity index is 129. The number of hydrogen-bond acceptors (Lipinski definition) is 0. The fourth-order valence-electron chi connectivity index (χ4n) is 2.59. The van der Waals surface area contributed by atoms with Crippen LogP contribution in [0.1, 0.15) is 58.3 Å². The zero-order chi connectivity index (χ0) is 8.39. The summed E-state index contributed by atoms with van der Waals surface area (Å²) < 4.78 is 0. The van der Waals surface area contributed by atoms with E-state index in [1.54, 1.807) is 0 Å². The van der Waals surface area contributed by atoms with E-state index in [9.17, 15) is 0 Å². The van der Waals surface area contributed by atoms with Crippen LogP contribution in [0.3, 0.4) is 0 Å². The number of hydrogen-bond donors (Lipinski definition) is 0. The van der Waals surface area contributed by atoms with Crippen LogP contribution < -0.4 is 0 Å². The highest BCUT2D eigenvalue weighted by Crippen LogP contribution is 2.42. The predicted octanol–water partition coefficient (Wildman–Crippen LogP) is 3.96. The van der Waals surface area contributed by atoms with Crippen LogP contribution in [-0.4, -0.2) is 0 Å². The van der Waals surface area contributed by atoms with Crippen molar-refractivity contribution < 1.29 is 0 Å². The first-order chi connectivity index (χ1) is 5.86. The Morgan fingerprint density at radius 1 is 1.00 bits per heavy atom. The summed E-state index contributed by atoms with van der Waals surface area (Å²) in [5, 5.41) is 0. The molecule has 0 amide bonds. The molecule has 0 aliphatic heterocycles. The van der Waals surface area contributed by atoms with Crippen molar-refractivity contribution in [3.63, 3.8) is 0 Å². The van der Waals surface area contributed by atoms with E-state index >= 15 is 0 Å². The van der Waals surface area contributed by atoms with Gasteiger partial charge < -0.3 is 0 Å². The first kappa shape index (κ1) is 8.59. The Kier molecular flexibility index (Phi) is 2.73. The van der Waals surface area contributed by atoms with Crippen LogP contribution in [0.25, 0.3) is 0 Å². The molecule has 0 aromatic heterocycles. The molecule has 0 heterocycles. The van der Waals surface area contributed by atoms with Crippen molar-refractivity contribution in [1.29, 1.82) is 0 Å². The molecule has 2 aliphatic carbocycles. The highest BCUT2D eigenvalue weighted by Gasteiger charge is 2.30. The molecule has 2 rings (SSSR count). The van der Waals surface area contributed by atoms with Gasteiger partial charge in [0.15, 0.2) is 0 Å². The molecule has 2 saturated carbocycles. The van der Waals surface area contributed by atoms with Crippen molar-refractivity contribution in [2.75, 3.05) is 0 Å². The third kappa shape index (κ3) is 2.24. The third-order valence-electron chi connectivity index (χ3n) is 3.61. The molecule has 69 valence electrons. The fourth-order valence-corrected chi connectivity index (χ4v) is 2.59. The molecule has 0 unspecified atom stereocenters. The van der Waals surface area contributed by atoms with E-state index in [-0.39, 0.29) is 0 Å². The van der Waals surface area contributed by atoms with Crippen LogP contribution in [0, 0.1) is 17.8 Å². The van der Waals surface area contributed by atoms with Gasteiger partial charge >= 0.3 is 0 Å². The van der Waals surface area contributed by atoms with Gasteiger partial charge in [-0.25, -0.2) is 0 Å². The standard InChI is InChI=1S/C12H21/c1-10(12-7-8-12)9-11-5-3-2-4-6-11/h11-12H,2-9H2,1H3. The van der Waals surface area contributed by atoms with Gasteiger partial charge in [0.25, 0.3) is 0 Å². The van der Waals surface area contributed by atoms with Gasteiger partial charge in [0.05, 0.1) is 0 Å². The molecule has 0 heteroatoms. The van der Waals surface area contributed by atoms with Crippen molar-refractivity contribution >= 4 is 0 Å². The zero-order valence-electron chi connectivity index (χ0n) is 8.31. The average molecular weight is 165 g/mol. The summed E-state index contributed by atoms with van der Waals surface area (Å²) in [6, 6.07) is 0. The van der Waals surface area contributed by atoms with Crippen molar-refractivity contribution in [2.45, 2.75) is 58.3 Å². The Morgan fingerprint density at radius 2 is 1.67 bits per heavy atom. The van der Waals surface area contributed by atoms with Gasteiger partial charge in [0.2, 0.25) is 0 Å². The van der Waals surface area contributed by atoms with Crippen LogP contribution in [0.2, 0.25) is 0 Å². The molecule has 0 N–H and O–H groups in total. The SMILES string of the molecule is C[C](CC1CCCCC1)C1CC1. The van der Waals surface area contributed by atoms with Crippen LogP contribution in [0.4, 0.5) is 0 Å². The monoisotopic (exact) mass is 165 g/mol. The Hall–Kier alpha value is 0. The smallest absolute Gasteiger partial charge is 0.0238 e. The summed E-state index contributed by atoms with van der Waals surface area (Å²) in [6.45, 7) is 2.40. The summed E-state index contributed by atoms with van der Waals surface area (Å²) in [7, 11) is 0. The maximum Gasteiger partial charge on any atom is -0.0238 e. The van der Waals surface area contributed by atoms with Crippen LogP contribution in [0.5, 0.6) is 0 Å². The summed E-state index contributed by atoms with van der Waals surface area (Å²) in [5.41, 5.74) is 0. The first-order valence-corrected chi connectivity index (χ1v) is 5.68. The molecule has 0 nitrogen and oxygen atoms in total. The van der Waals surface area contributed by atoms with Crippen molar-refractivity contribution in [1.82, 2.24) is 0 Å². The van der Waals surface area contributed by atoms with E-state index in [1.165, 1.54) is 51.4 Å². The first-order valence-electron chi connectivity index (χ1n) is 5.68. The molecular weight excluding hydrogens is 144 g/mol. The molecule has 2 fully saturated rings. The fraction of sp³-hybridized carbons (Fsp3) is 0.917. The maximum absolute atomic E-state index is 2.40. The summed E-state index contributed by atoms with van der Waals surface area (Å²) in [4.78, 5) is 0. The zero-order valence-corrected chi connectivity index (χ0v) is 8.31. The highest BCUT2D eigenvalue weighted by atomic mass is 14.3. The minimum absolute atomic E-state index is 1.05. The quantitative estimate of drug-likeness (QED) is 0.593. The van der Waals surface area contributed by atoms with E-state index in [4.69, 9.17) is 0 Å². The van der Waals surface area contributed by atoms with E-state index in [0.717, 1.165) is 11.8 Å². The second-order valence-corrected chi connectivity index (χ2v) is 4.83. The molecule has 1 radical (unpaired) electrons. The summed E-state index contributed by atoms with van der Waals surface area (Å²) >= 11 is 0. The van der Waals surface area contributed by atoms with Gasteiger partial charge in [-0.2, -0.15) is 0 Å². The van der Waals surface area contributed by atoms with Crippen molar-refractivity contribution in [3.8, 4) is 0 Å². The van der Waals surface area contributed by atoms with Gasteiger partial charge in [-0.1, -0.05) is 39.0 Å². The molecule has 0 aromatic carbocycles. The lowest BCUT2D eigenvalue weighted by molar-refractivity contribution is 0.339.